The van der Waals surface area contributed by atoms with Crippen LogP contribution in [0.1, 0.15) is 16.1 Å². The van der Waals surface area contributed by atoms with E-state index in [0.29, 0.717) is 0 Å². The van der Waals surface area contributed by atoms with Crippen LogP contribution >= 0.6 is 22.7 Å². The molecule has 19 heavy (non-hydrogen) atoms. The number of hydrogen-bond acceptors (Lipinski definition) is 4. The molecule has 4 rings (SSSR count). The fourth-order valence-electron chi connectivity index (χ4n) is 3.33. The Morgan fingerprint density at radius 2 is 1.84 bits per heavy atom. The third-order valence-corrected chi connectivity index (χ3v) is 12.6. The van der Waals surface area contributed by atoms with Crippen LogP contribution in [0.4, 0.5) is 5.00 Å². The molecule has 1 fully saturated rings. The largest absolute Gasteiger partial charge is 0.370 e. The number of hydrogen-bond donors (Lipinski definition) is 0. The van der Waals surface area contributed by atoms with E-state index in [2.05, 4.69) is 31.1 Å². The van der Waals surface area contributed by atoms with Crippen LogP contribution in [0.2, 0.25) is 12.1 Å². The number of carbonyl (C=O) groups excluding carboxylic acids is 1. The lowest BCUT2D eigenvalue weighted by Gasteiger charge is -2.37. The van der Waals surface area contributed by atoms with Gasteiger partial charge in [0, 0.05) is 23.8 Å². The summed E-state index contributed by atoms with van der Waals surface area (Å²) in [5, 5.41) is 4.58. The molecule has 98 valence electrons. The lowest BCUT2D eigenvalue weighted by atomic mass is 10.4. The Morgan fingerprint density at radius 3 is 2.42 bits per heavy atom. The molecule has 2 aromatic heterocycles. The van der Waals surface area contributed by atoms with E-state index in [-0.39, 0.29) is 0 Å². The van der Waals surface area contributed by atoms with Crippen molar-refractivity contribution in [3.8, 4) is 9.75 Å². The molecule has 2 aliphatic rings. The highest BCUT2D eigenvalue weighted by molar-refractivity contribution is 7.31. The van der Waals surface area contributed by atoms with E-state index in [1.54, 1.807) is 21.7 Å². The summed E-state index contributed by atoms with van der Waals surface area (Å²) in [5.74, 6) is 0. The van der Waals surface area contributed by atoms with Crippen molar-refractivity contribution in [2.75, 3.05) is 19.0 Å². The second kappa shape index (κ2) is 3.81. The van der Waals surface area contributed by atoms with Gasteiger partial charge in [-0.1, -0.05) is 6.42 Å². The molecule has 0 amide bonds. The number of aldehydes is 1. The van der Waals surface area contributed by atoms with E-state index in [1.165, 1.54) is 33.3 Å². The molecule has 2 nitrogen and oxygen atoms in total. The minimum absolute atomic E-state index is 0.911. The van der Waals surface area contributed by atoms with Gasteiger partial charge in [0.1, 0.15) is 8.07 Å². The molecule has 0 radical (unpaired) electrons. The van der Waals surface area contributed by atoms with Crippen molar-refractivity contribution in [3.05, 3.63) is 17.0 Å². The summed E-state index contributed by atoms with van der Waals surface area (Å²) >= 11 is 3.60. The van der Waals surface area contributed by atoms with Crippen LogP contribution in [-0.4, -0.2) is 28.5 Å². The Bertz CT molecular complexity index is 682. The van der Waals surface area contributed by atoms with Crippen molar-refractivity contribution in [2.45, 2.75) is 18.5 Å². The Balaban J connectivity index is 1.97. The van der Waals surface area contributed by atoms with Gasteiger partial charge in [-0.25, -0.2) is 0 Å². The minimum atomic E-state index is -1.41. The maximum Gasteiger partial charge on any atom is 0.160 e. The molecule has 0 bridgehead atoms. The van der Waals surface area contributed by atoms with Crippen LogP contribution in [0, 0.1) is 0 Å². The first-order chi connectivity index (χ1) is 9.15. The van der Waals surface area contributed by atoms with Crippen LogP contribution in [-0.2, 0) is 0 Å². The standard InChI is InChI=1S/C14H15NOS2Si/c1-15(2)12-7-11-14(18-12)13-10(6-9(8-16)17-13)19(11)4-3-5-19/h6-8H,3-5H2,1-2H3. The molecular formula is C14H15NOS2Si. The lowest BCUT2D eigenvalue weighted by Crippen LogP contribution is -2.59. The first-order valence-electron chi connectivity index (χ1n) is 6.57. The highest BCUT2D eigenvalue weighted by atomic mass is 32.1. The minimum Gasteiger partial charge on any atom is -0.370 e. The lowest BCUT2D eigenvalue weighted by molar-refractivity contribution is 0.112. The number of anilines is 1. The highest BCUT2D eigenvalue weighted by Gasteiger charge is 2.51. The SMILES string of the molecule is CN(C)c1cc2c(s1)-c1sc(C=O)cc1[Si]21CCC1. The van der Waals surface area contributed by atoms with Gasteiger partial charge >= 0.3 is 0 Å². The average Bonchev–Trinajstić information content (AvgIpc) is 2.94. The molecule has 2 aromatic rings. The molecule has 2 aliphatic heterocycles. The predicted octanol–water partition coefficient (Wildman–Crippen LogP) is 2.64. The Hall–Kier alpha value is -0.913. The highest BCUT2D eigenvalue weighted by Crippen LogP contribution is 2.47. The van der Waals surface area contributed by atoms with E-state index in [0.717, 1.165) is 11.2 Å². The summed E-state index contributed by atoms with van der Waals surface area (Å²) < 4.78 is 0. The molecular weight excluding hydrogens is 290 g/mol. The Kier molecular flexibility index (Phi) is 2.38. The van der Waals surface area contributed by atoms with E-state index < -0.39 is 8.07 Å². The number of rotatable bonds is 2. The summed E-state index contributed by atoms with van der Waals surface area (Å²) in [6.07, 6.45) is 2.38. The van der Waals surface area contributed by atoms with Crippen molar-refractivity contribution >= 4 is 52.4 Å². The first kappa shape index (κ1) is 11.9. The smallest absolute Gasteiger partial charge is 0.160 e. The maximum atomic E-state index is 11.1. The summed E-state index contributed by atoms with van der Waals surface area (Å²) in [7, 11) is 2.82. The number of thiophene rings is 2. The topological polar surface area (TPSA) is 20.3 Å². The molecule has 0 N–H and O–H groups in total. The summed E-state index contributed by atoms with van der Waals surface area (Å²) in [6.45, 7) is 0. The van der Waals surface area contributed by atoms with Crippen LogP contribution in [0.25, 0.3) is 9.75 Å². The van der Waals surface area contributed by atoms with Crippen LogP contribution in [0.5, 0.6) is 0 Å². The quantitative estimate of drug-likeness (QED) is 0.628. The van der Waals surface area contributed by atoms with E-state index >= 15 is 0 Å². The summed E-state index contributed by atoms with van der Waals surface area (Å²) in [4.78, 5) is 17.1. The second-order valence-corrected chi connectivity index (χ2v) is 12.0. The molecule has 1 spiro atoms. The van der Waals surface area contributed by atoms with Crippen molar-refractivity contribution in [3.63, 3.8) is 0 Å². The monoisotopic (exact) mass is 305 g/mol. The average molecular weight is 306 g/mol. The van der Waals surface area contributed by atoms with Crippen LogP contribution in [0.3, 0.4) is 0 Å². The third-order valence-electron chi connectivity index (χ3n) is 4.47. The fraction of sp³-hybridized carbons (Fsp3) is 0.357. The van der Waals surface area contributed by atoms with Crippen LogP contribution < -0.4 is 15.3 Å². The summed E-state index contributed by atoms with van der Waals surface area (Å²) in [6, 6.07) is 7.39. The van der Waals surface area contributed by atoms with E-state index in [9.17, 15) is 4.79 Å². The van der Waals surface area contributed by atoms with Gasteiger partial charge in [-0.2, -0.15) is 0 Å². The van der Waals surface area contributed by atoms with Crippen molar-refractivity contribution in [1.29, 1.82) is 0 Å². The Morgan fingerprint density at radius 1 is 1.16 bits per heavy atom. The van der Waals surface area contributed by atoms with E-state index in [4.69, 9.17) is 0 Å². The molecule has 0 aliphatic carbocycles. The van der Waals surface area contributed by atoms with Gasteiger partial charge in [0.15, 0.2) is 6.29 Å². The van der Waals surface area contributed by atoms with Crippen molar-refractivity contribution in [2.24, 2.45) is 0 Å². The molecule has 1 saturated heterocycles. The molecule has 0 aromatic carbocycles. The van der Waals surface area contributed by atoms with Gasteiger partial charge in [-0.15, -0.1) is 22.7 Å². The third kappa shape index (κ3) is 1.38. The van der Waals surface area contributed by atoms with Crippen molar-refractivity contribution in [1.82, 2.24) is 0 Å². The zero-order valence-corrected chi connectivity index (χ0v) is 13.7. The van der Waals surface area contributed by atoms with Gasteiger partial charge in [-0.05, 0) is 34.6 Å². The Labute approximate surface area is 121 Å². The number of carbonyl (C=O) groups is 1. The van der Waals surface area contributed by atoms with Gasteiger partial charge in [-0.3, -0.25) is 4.79 Å². The second-order valence-electron chi connectivity index (χ2n) is 5.67. The fourth-order valence-corrected chi connectivity index (χ4v) is 11.6. The number of nitrogens with zero attached hydrogens (tertiary/aromatic N) is 1. The van der Waals surface area contributed by atoms with Crippen LogP contribution in [0.15, 0.2) is 12.1 Å². The van der Waals surface area contributed by atoms with Gasteiger partial charge < -0.3 is 4.90 Å². The zero-order valence-electron chi connectivity index (χ0n) is 11.0. The zero-order chi connectivity index (χ0) is 13.2. The summed E-state index contributed by atoms with van der Waals surface area (Å²) in [5.41, 5.74) is 0. The van der Waals surface area contributed by atoms with Gasteiger partial charge in [0.25, 0.3) is 0 Å². The van der Waals surface area contributed by atoms with Crippen molar-refractivity contribution < 1.29 is 4.79 Å². The molecule has 0 saturated carbocycles. The molecule has 5 heteroatoms. The molecule has 4 heterocycles. The molecule has 0 atom stereocenters. The normalized spacial score (nSPS) is 18.0. The maximum absolute atomic E-state index is 11.1. The number of fused-ring (bicyclic) bond motifs is 5. The molecule has 0 unspecified atom stereocenters. The van der Waals surface area contributed by atoms with E-state index in [1.807, 2.05) is 11.3 Å². The predicted molar refractivity (Wildman–Crippen MR) is 86.6 cm³/mol. The van der Waals surface area contributed by atoms with Gasteiger partial charge in [0.2, 0.25) is 0 Å². The van der Waals surface area contributed by atoms with Gasteiger partial charge in [0.05, 0.1) is 9.88 Å². The first-order valence-corrected chi connectivity index (χ1v) is 10.6.